The van der Waals surface area contributed by atoms with Crippen LogP contribution in [0.25, 0.3) is 0 Å². The monoisotopic (exact) mass is 412 g/mol. The van der Waals surface area contributed by atoms with Gasteiger partial charge in [-0.3, -0.25) is 9.69 Å². The van der Waals surface area contributed by atoms with Gasteiger partial charge in [-0.1, -0.05) is 43.6 Å². The molecule has 1 unspecified atom stereocenters. The average Bonchev–Trinajstić information content (AvgIpc) is 2.59. The molecule has 5 nitrogen and oxygen atoms in total. The van der Waals surface area contributed by atoms with E-state index < -0.39 is 0 Å². The van der Waals surface area contributed by atoms with Crippen molar-refractivity contribution in [2.24, 2.45) is 7.05 Å². The number of rotatable bonds is 7. The lowest BCUT2D eigenvalue weighted by molar-refractivity contribution is 0.228. The zero-order valence-electron chi connectivity index (χ0n) is 14.1. The Morgan fingerprint density at radius 2 is 2.00 bits per heavy atom. The fourth-order valence-electron chi connectivity index (χ4n) is 2.69. The highest BCUT2D eigenvalue weighted by atomic mass is 79.9. The highest BCUT2D eigenvalue weighted by Gasteiger charge is 2.20. The molecule has 1 heterocycles. The van der Waals surface area contributed by atoms with Crippen LogP contribution in [0.1, 0.15) is 25.5 Å². The molecule has 0 aliphatic rings. The maximum Gasteiger partial charge on any atom is 0.282 e. The number of aryl methyl sites for hydroxylation is 1. The molecule has 0 aliphatic carbocycles. The fourth-order valence-corrected chi connectivity index (χ4v) is 3.45. The van der Waals surface area contributed by atoms with Crippen molar-refractivity contribution in [3.8, 4) is 0 Å². The maximum absolute atomic E-state index is 12.0. The van der Waals surface area contributed by atoms with Gasteiger partial charge in [0.05, 0.1) is 17.9 Å². The second-order valence-electron chi connectivity index (χ2n) is 5.44. The van der Waals surface area contributed by atoms with Gasteiger partial charge >= 0.3 is 0 Å². The van der Waals surface area contributed by atoms with Crippen molar-refractivity contribution in [3.05, 3.63) is 55.9 Å². The predicted molar refractivity (Wildman–Crippen MR) is 103 cm³/mol. The molecule has 0 saturated heterocycles. The molecule has 7 heteroatoms. The quantitative estimate of drug-likeness (QED) is 0.752. The van der Waals surface area contributed by atoms with Gasteiger partial charge in [0, 0.05) is 18.6 Å². The summed E-state index contributed by atoms with van der Waals surface area (Å²) in [6.07, 6.45) is 1.65. The Morgan fingerprint density at radius 1 is 1.33 bits per heavy atom. The molecule has 1 aromatic carbocycles. The summed E-state index contributed by atoms with van der Waals surface area (Å²) in [6, 6.07) is 7.98. The summed E-state index contributed by atoms with van der Waals surface area (Å²) in [5.41, 5.74) is 1.59. The molecule has 24 heavy (non-hydrogen) atoms. The van der Waals surface area contributed by atoms with Crippen LogP contribution in [0.5, 0.6) is 0 Å². The average molecular weight is 414 g/mol. The van der Waals surface area contributed by atoms with Crippen LogP contribution < -0.4 is 10.9 Å². The Morgan fingerprint density at radius 3 is 2.62 bits per heavy atom. The molecule has 0 fully saturated rings. The predicted octanol–water partition coefficient (Wildman–Crippen LogP) is 3.69. The highest BCUT2D eigenvalue weighted by molar-refractivity contribution is 9.10. The molecule has 130 valence electrons. The molecule has 0 radical (unpaired) electrons. The van der Waals surface area contributed by atoms with E-state index in [1.54, 1.807) is 13.2 Å². The van der Waals surface area contributed by atoms with Gasteiger partial charge in [-0.15, -0.1) is 0 Å². The number of benzene rings is 1. The van der Waals surface area contributed by atoms with Crippen molar-refractivity contribution in [1.82, 2.24) is 14.7 Å². The van der Waals surface area contributed by atoms with Crippen LogP contribution in [0.3, 0.4) is 0 Å². The second-order valence-corrected chi connectivity index (χ2v) is 6.64. The summed E-state index contributed by atoms with van der Waals surface area (Å²) in [4.78, 5) is 14.3. The standard InChI is InChI=1S/C17H22BrClN4O/c1-4-23(5-2)15(12-8-6-7-9-13(12)19)11-20-14-10-21-22(3)17(24)16(14)18/h6-10,15,20H,4-5,11H2,1-3H3. The summed E-state index contributed by atoms with van der Waals surface area (Å²) in [7, 11) is 1.62. The Bertz CT molecular complexity index is 746. The lowest BCUT2D eigenvalue weighted by atomic mass is 10.0. The van der Waals surface area contributed by atoms with E-state index >= 15 is 0 Å². The molecule has 1 N–H and O–H groups in total. The molecular weight excluding hydrogens is 392 g/mol. The van der Waals surface area contributed by atoms with Gasteiger partial charge in [0.25, 0.3) is 5.56 Å². The number of nitrogens with one attached hydrogen (secondary N) is 1. The Labute approximate surface area is 155 Å². The highest BCUT2D eigenvalue weighted by Crippen LogP contribution is 2.28. The lowest BCUT2D eigenvalue weighted by Gasteiger charge is -2.31. The van der Waals surface area contributed by atoms with E-state index in [-0.39, 0.29) is 11.6 Å². The van der Waals surface area contributed by atoms with E-state index in [4.69, 9.17) is 11.6 Å². The first-order chi connectivity index (χ1) is 11.5. The fraction of sp³-hybridized carbons (Fsp3) is 0.412. The number of likely N-dealkylation sites (N-methyl/N-ethyl adjacent to an activating group) is 1. The number of hydrogen-bond donors (Lipinski definition) is 1. The van der Waals surface area contributed by atoms with Crippen molar-refractivity contribution in [2.45, 2.75) is 19.9 Å². The second kappa shape index (κ2) is 8.65. The molecule has 0 amide bonds. The Hall–Kier alpha value is -1.37. The first-order valence-electron chi connectivity index (χ1n) is 7.93. The van der Waals surface area contributed by atoms with Crippen molar-refractivity contribution >= 4 is 33.2 Å². The van der Waals surface area contributed by atoms with Crippen LogP contribution in [0, 0.1) is 0 Å². The van der Waals surface area contributed by atoms with Gasteiger partial charge in [0.15, 0.2) is 0 Å². The van der Waals surface area contributed by atoms with Crippen LogP contribution in [0.4, 0.5) is 5.69 Å². The van der Waals surface area contributed by atoms with Gasteiger partial charge in [0.2, 0.25) is 0 Å². The zero-order valence-corrected chi connectivity index (χ0v) is 16.4. The normalized spacial score (nSPS) is 12.4. The Balaban J connectivity index is 2.28. The lowest BCUT2D eigenvalue weighted by Crippen LogP contribution is -2.33. The molecule has 0 saturated carbocycles. The summed E-state index contributed by atoms with van der Waals surface area (Å²) < 4.78 is 1.78. The zero-order chi connectivity index (χ0) is 17.7. The van der Waals surface area contributed by atoms with Gasteiger partial charge in [0.1, 0.15) is 4.47 Å². The molecule has 2 aromatic rings. The largest absolute Gasteiger partial charge is 0.381 e. The van der Waals surface area contributed by atoms with E-state index in [2.05, 4.69) is 45.1 Å². The molecule has 1 aromatic heterocycles. The van der Waals surface area contributed by atoms with Crippen molar-refractivity contribution < 1.29 is 0 Å². The minimum atomic E-state index is -0.169. The van der Waals surface area contributed by atoms with Crippen molar-refractivity contribution in [3.63, 3.8) is 0 Å². The van der Waals surface area contributed by atoms with Gasteiger partial charge in [-0.05, 0) is 40.6 Å². The first kappa shape index (κ1) is 19.0. The molecule has 0 spiro atoms. The van der Waals surface area contributed by atoms with Gasteiger partial charge in [-0.25, -0.2) is 4.68 Å². The van der Waals surface area contributed by atoms with Crippen molar-refractivity contribution in [1.29, 1.82) is 0 Å². The van der Waals surface area contributed by atoms with Crippen molar-refractivity contribution in [2.75, 3.05) is 25.0 Å². The SMILES string of the molecule is CCN(CC)C(CNc1cnn(C)c(=O)c1Br)c1ccccc1Cl. The maximum atomic E-state index is 12.0. The summed E-state index contributed by atoms with van der Waals surface area (Å²) in [6.45, 7) is 6.69. The van der Waals surface area contributed by atoms with Gasteiger partial charge < -0.3 is 5.32 Å². The molecule has 1 atom stereocenters. The molecule has 0 bridgehead atoms. The van der Waals surface area contributed by atoms with Gasteiger partial charge in [-0.2, -0.15) is 5.10 Å². The number of halogens is 2. The minimum Gasteiger partial charge on any atom is -0.381 e. The number of aromatic nitrogens is 2. The van der Waals surface area contributed by atoms with Crippen LogP contribution in [-0.2, 0) is 7.05 Å². The summed E-state index contributed by atoms with van der Waals surface area (Å²) in [5.74, 6) is 0. The number of hydrogen-bond acceptors (Lipinski definition) is 4. The smallest absolute Gasteiger partial charge is 0.282 e. The van der Waals surface area contributed by atoms with E-state index in [0.717, 1.165) is 23.7 Å². The molecule has 2 rings (SSSR count). The molecular formula is C17H22BrClN4O. The third-order valence-corrected chi connectivity index (χ3v) is 5.19. The van der Waals surface area contributed by atoms with Crippen LogP contribution >= 0.6 is 27.5 Å². The van der Waals surface area contributed by atoms with Crippen LogP contribution in [0.2, 0.25) is 5.02 Å². The topological polar surface area (TPSA) is 50.2 Å². The number of anilines is 1. The van der Waals surface area contributed by atoms with E-state index in [9.17, 15) is 4.79 Å². The summed E-state index contributed by atoms with van der Waals surface area (Å²) in [5, 5.41) is 8.15. The number of nitrogens with zero attached hydrogens (tertiary/aromatic N) is 3. The third kappa shape index (κ3) is 4.18. The first-order valence-corrected chi connectivity index (χ1v) is 9.10. The third-order valence-electron chi connectivity index (χ3n) is 4.08. The van der Waals surface area contributed by atoms with E-state index in [1.807, 2.05) is 24.3 Å². The minimum absolute atomic E-state index is 0.102. The van der Waals surface area contributed by atoms with E-state index in [1.165, 1.54) is 4.68 Å². The van der Waals surface area contributed by atoms with Crippen LogP contribution in [-0.4, -0.2) is 34.3 Å². The Kier molecular flexibility index (Phi) is 6.83. The van der Waals surface area contributed by atoms with Crippen LogP contribution in [0.15, 0.2) is 39.7 Å². The molecule has 0 aliphatic heterocycles. The summed E-state index contributed by atoms with van der Waals surface area (Å²) >= 11 is 9.75. The van der Waals surface area contributed by atoms with E-state index in [0.29, 0.717) is 16.7 Å².